The van der Waals surface area contributed by atoms with Crippen molar-refractivity contribution in [2.24, 2.45) is 0 Å². The van der Waals surface area contributed by atoms with Crippen molar-refractivity contribution >= 4 is 17.9 Å². The number of nitrogens with zero attached hydrogens (tertiary/aromatic N) is 1. The quantitative estimate of drug-likeness (QED) is 0.807. The highest BCUT2D eigenvalue weighted by atomic mass is 32.2. The third-order valence-corrected chi connectivity index (χ3v) is 4.45. The normalized spacial score (nSPS) is 18.7. The van der Waals surface area contributed by atoms with Crippen molar-refractivity contribution in [3.05, 3.63) is 0 Å². The van der Waals surface area contributed by atoms with E-state index in [1.807, 2.05) is 23.6 Å². The van der Waals surface area contributed by atoms with Gasteiger partial charge in [0.15, 0.2) is 0 Å². The maximum atomic E-state index is 11.5. The Kier molecular flexibility index (Phi) is 7.51. The molecule has 0 saturated carbocycles. The predicted octanol–water partition coefficient (Wildman–Crippen LogP) is 2.34. The number of piperidine rings is 1. The number of likely N-dealkylation sites (tertiary alicyclic amines) is 1. The van der Waals surface area contributed by atoms with E-state index in [0.29, 0.717) is 12.6 Å². The van der Waals surface area contributed by atoms with E-state index < -0.39 is 0 Å². The zero-order valence-corrected chi connectivity index (χ0v) is 12.6. The second-order valence-electron chi connectivity index (χ2n) is 4.75. The fourth-order valence-electron chi connectivity index (χ4n) is 2.09. The first-order valence-corrected chi connectivity index (χ1v) is 8.14. The molecule has 0 spiro atoms. The van der Waals surface area contributed by atoms with Crippen LogP contribution < -0.4 is 5.32 Å². The summed E-state index contributed by atoms with van der Waals surface area (Å²) >= 11 is 1.91. The van der Waals surface area contributed by atoms with Crippen LogP contribution in [0.1, 0.15) is 33.1 Å². The molecular formula is C13H26N2O2S. The first-order chi connectivity index (χ1) is 8.67. The number of hydrogen-bond donors (Lipinski definition) is 1. The van der Waals surface area contributed by atoms with Gasteiger partial charge in [-0.2, -0.15) is 11.8 Å². The predicted molar refractivity (Wildman–Crippen MR) is 77.2 cm³/mol. The first-order valence-electron chi connectivity index (χ1n) is 6.85. The van der Waals surface area contributed by atoms with Crippen LogP contribution in [0.3, 0.4) is 0 Å². The SMILES string of the molecule is CCOC(=O)N1CCC(NCCC(C)SC)CC1. The molecule has 0 aliphatic carbocycles. The molecule has 0 aromatic rings. The van der Waals surface area contributed by atoms with Gasteiger partial charge in [-0.25, -0.2) is 4.79 Å². The largest absolute Gasteiger partial charge is 0.450 e. The molecule has 106 valence electrons. The zero-order valence-electron chi connectivity index (χ0n) is 11.8. The van der Waals surface area contributed by atoms with E-state index in [1.54, 1.807) is 0 Å². The Labute approximate surface area is 115 Å². The van der Waals surface area contributed by atoms with E-state index in [0.717, 1.165) is 37.7 Å². The Bertz CT molecular complexity index is 243. The van der Waals surface area contributed by atoms with E-state index >= 15 is 0 Å². The molecule has 1 atom stereocenters. The molecule has 0 aromatic carbocycles. The smallest absolute Gasteiger partial charge is 0.409 e. The molecule has 1 amide bonds. The Morgan fingerprint density at radius 2 is 2.17 bits per heavy atom. The molecule has 1 fully saturated rings. The maximum Gasteiger partial charge on any atom is 0.409 e. The van der Waals surface area contributed by atoms with E-state index in [1.165, 1.54) is 6.42 Å². The summed E-state index contributed by atoms with van der Waals surface area (Å²) in [4.78, 5) is 13.3. The highest BCUT2D eigenvalue weighted by Crippen LogP contribution is 2.13. The van der Waals surface area contributed by atoms with Crippen LogP contribution in [0.25, 0.3) is 0 Å². The van der Waals surface area contributed by atoms with Gasteiger partial charge in [0.2, 0.25) is 0 Å². The lowest BCUT2D eigenvalue weighted by Crippen LogP contribution is -2.45. The topological polar surface area (TPSA) is 41.6 Å². The fraction of sp³-hybridized carbons (Fsp3) is 0.923. The Morgan fingerprint density at radius 1 is 1.50 bits per heavy atom. The second kappa shape index (κ2) is 8.64. The Morgan fingerprint density at radius 3 is 2.72 bits per heavy atom. The average Bonchev–Trinajstić information content (AvgIpc) is 2.39. The molecule has 1 rings (SSSR count). The maximum absolute atomic E-state index is 11.5. The zero-order chi connectivity index (χ0) is 13.4. The van der Waals surface area contributed by atoms with E-state index in [4.69, 9.17) is 4.74 Å². The van der Waals surface area contributed by atoms with Gasteiger partial charge in [-0.15, -0.1) is 0 Å². The molecule has 4 nitrogen and oxygen atoms in total. The molecule has 1 aliphatic heterocycles. The summed E-state index contributed by atoms with van der Waals surface area (Å²) in [6, 6.07) is 0.560. The highest BCUT2D eigenvalue weighted by molar-refractivity contribution is 7.99. The van der Waals surface area contributed by atoms with Gasteiger partial charge in [-0.1, -0.05) is 6.92 Å². The van der Waals surface area contributed by atoms with Gasteiger partial charge in [-0.05, 0) is 39.0 Å². The van der Waals surface area contributed by atoms with E-state index in [2.05, 4.69) is 18.5 Å². The number of carbonyl (C=O) groups excluding carboxylic acids is 1. The van der Waals surface area contributed by atoms with Crippen molar-refractivity contribution in [2.75, 3.05) is 32.5 Å². The summed E-state index contributed by atoms with van der Waals surface area (Å²) in [6.45, 7) is 7.27. The lowest BCUT2D eigenvalue weighted by atomic mass is 10.1. The monoisotopic (exact) mass is 274 g/mol. The molecular weight excluding hydrogens is 248 g/mol. The van der Waals surface area contributed by atoms with Gasteiger partial charge in [0.1, 0.15) is 0 Å². The molecule has 1 N–H and O–H groups in total. The van der Waals surface area contributed by atoms with Crippen molar-refractivity contribution < 1.29 is 9.53 Å². The minimum Gasteiger partial charge on any atom is -0.450 e. The van der Waals surface area contributed by atoms with Crippen molar-refractivity contribution in [1.29, 1.82) is 0 Å². The number of hydrogen-bond acceptors (Lipinski definition) is 4. The van der Waals surface area contributed by atoms with Crippen LogP contribution in [-0.2, 0) is 4.74 Å². The Hall–Kier alpha value is -0.420. The number of nitrogens with one attached hydrogen (secondary N) is 1. The van der Waals surface area contributed by atoms with Crippen molar-refractivity contribution in [2.45, 2.75) is 44.4 Å². The minimum atomic E-state index is -0.160. The van der Waals surface area contributed by atoms with Gasteiger partial charge >= 0.3 is 6.09 Å². The number of carbonyl (C=O) groups is 1. The molecule has 1 unspecified atom stereocenters. The van der Waals surface area contributed by atoms with Crippen LogP contribution in [0.2, 0.25) is 0 Å². The number of ether oxygens (including phenoxy) is 1. The molecule has 0 radical (unpaired) electrons. The Balaban J connectivity index is 2.13. The van der Waals surface area contributed by atoms with Crippen LogP contribution >= 0.6 is 11.8 Å². The lowest BCUT2D eigenvalue weighted by Gasteiger charge is -2.31. The standard InChI is InChI=1S/C13H26N2O2S/c1-4-17-13(16)15-9-6-12(7-10-15)14-8-5-11(2)18-3/h11-12,14H,4-10H2,1-3H3. The van der Waals surface area contributed by atoms with Crippen LogP contribution in [-0.4, -0.2) is 54.8 Å². The van der Waals surface area contributed by atoms with Gasteiger partial charge in [0.05, 0.1) is 6.61 Å². The van der Waals surface area contributed by atoms with Crippen LogP contribution in [0.5, 0.6) is 0 Å². The fourth-order valence-corrected chi connectivity index (χ4v) is 2.44. The van der Waals surface area contributed by atoms with Gasteiger partial charge < -0.3 is 15.0 Å². The van der Waals surface area contributed by atoms with Crippen LogP contribution in [0, 0.1) is 0 Å². The first kappa shape index (κ1) is 15.6. The van der Waals surface area contributed by atoms with Crippen molar-refractivity contribution in [3.63, 3.8) is 0 Å². The van der Waals surface area contributed by atoms with E-state index in [9.17, 15) is 4.79 Å². The summed E-state index contributed by atoms with van der Waals surface area (Å²) in [5.41, 5.74) is 0. The number of thioether (sulfide) groups is 1. The summed E-state index contributed by atoms with van der Waals surface area (Å²) < 4.78 is 5.01. The average molecular weight is 274 g/mol. The number of amides is 1. The highest BCUT2D eigenvalue weighted by Gasteiger charge is 2.22. The molecule has 0 bridgehead atoms. The van der Waals surface area contributed by atoms with Crippen molar-refractivity contribution in [3.8, 4) is 0 Å². The summed E-state index contributed by atoms with van der Waals surface area (Å²) in [7, 11) is 0. The molecule has 1 heterocycles. The molecule has 1 aliphatic rings. The minimum absolute atomic E-state index is 0.160. The summed E-state index contributed by atoms with van der Waals surface area (Å²) in [6.07, 6.45) is 5.27. The summed E-state index contributed by atoms with van der Waals surface area (Å²) in [5, 5.41) is 4.31. The van der Waals surface area contributed by atoms with Crippen molar-refractivity contribution in [1.82, 2.24) is 10.2 Å². The molecule has 5 heteroatoms. The second-order valence-corrected chi connectivity index (χ2v) is 6.03. The third kappa shape index (κ3) is 5.48. The third-order valence-electron chi connectivity index (χ3n) is 3.41. The molecule has 18 heavy (non-hydrogen) atoms. The van der Waals surface area contributed by atoms with Gasteiger partial charge in [-0.3, -0.25) is 0 Å². The van der Waals surface area contributed by atoms with Crippen LogP contribution in [0.15, 0.2) is 0 Å². The lowest BCUT2D eigenvalue weighted by molar-refractivity contribution is 0.0951. The molecule has 0 aromatic heterocycles. The van der Waals surface area contributed by atoms with E-state index in [-0.39, 0.29) is 6.09 Å². The summed E-state index contributed by atoms with van der Waals surface area (Å²) in [5.74, 6) is 0. The van der Waals surface area contributed by atoms with Crippen LogP contribution in [0.4, 0.5) is 4.79 Å². The number of rotatable bonds is 6. The molecule has 1 saturated heterocycles. The van der Waals surface area contributed by atoms with Gasteiger partial charge in [0.25, 0.3) is 0 Å². The van der Waals surface area contributed by atoms with Gasteiger partial charge in [0, 0.05) is 24.4 Å².